The first-order valence-electron chi connectivity index (χ1n) is 5.78. The van der Waals surface area contributed by atoms with Crippen molar-refractivity contribution in [3.63, 3.8) is 0 Å². The molecule has 1 heterocycles. The average molecular weight is 222 g/mol. The highest BCUT2D eigenvalue weighted by Gasteiger charge is 2.24. The van der Waals surface area contributed by atoms with Crippen molar-refractivity contribution in [2.24, 2.45) is 5.73 Å². The molecule has 0 radical (unpaired) electrons. The summed E-state index contributed by atoms with van der Waals surface area (Å²) in [6, 6.07) is 2.16. The number of nitrogens with one attached hydrogen (secondary N) is 1. The van der Waals surface area contributed by atoms with Gasteiger partial charge in [-0.1, -0.05) is 0 Å². The zero-order valence-corrected chi connectivity index (χ0v) is 9.30. The van der Waals surface area contributed by atoms with Crippen LogP contribution in [-0.2, 0) is 11.3 Å². The summed E-state index contributed by atoms with van der Waals surface area (Å²) in [6.07, 6.45) is 7.17. The van der Waals surface area contributed by atoms with Crippen LogP contribution in [0.5, 0.6) is 0 Å². The molecule has 5 heteroatoms. The second-order valence-corrected chi connectivity index (χ2v) is 4.29. The molecule has 88 valence electrons. The van der Waals surface area contributed by atoms with E-state index in [0.29, 0.717) is 13.0 Å². The maximum absolute atomic E-state index is 11.6. The largest absolute Gasteiger partial charge is 0.352 e. The molecule has 1 aromatic rings. The van der Waals surface area contributed by atoms with Crippen molar-refractivity contribution in [2.75, 3.05) is 0 Å². The molecule has 5 nitrogen and oxygen atoms in total. The van der Waals surface area contributed by atoms with Gasteiger partial charge in [-0.3, -0.25) is 9.48 Å². The van der Waals surface area contributed by atoms with Gasteiger partial charge in [0.1, 0.15) is 0 Å². The Bertz CT molecular complexity index is 336. The second-order valence-electron chi connectivity index (χ2n) is 4.29. The molecule has 0 bridgehead atoms. The Hall–Kier alpha value is -1.36. The monoisotopic (exact) mass is 222 g/mol. The van der Waals surface area contributed by atoms with Gasteiger partial charge in [0.15, 0.2) is 0 Å². The minimum Gasteiger partial charge on any atom is -0.352 e. The van der Waals surface area contributed by atoms with Crippen molar-refractivity contribution >= 4 is 5.91 Å². The summed E-state index contributed by atoms with van der Waals surface area (Å²) in [6.45, 7) is 0.626. The predicted octanol–water partition coefficient (Wildman–Crippen LogP) is 0.269. The Morgan fingerprint density at radius 2 is 2.44 bits per heavy atom. The lowest BCUT2D eigenvalue weighted by atomic mass is 10.2. The van der Waals surface area contributed by atoms with Gasteiger partial charge < -0.3 is 11.1 Å². The molecular weight excluding hydrogens is 204 g/mol. The summed E-state index contributed by atoms with van der Waals surface area (Å²) in [5, 5.41) is 7.03. The van der Waals surface area contributed by atoms with Crippen LogP contribution in [0.4, 0.5) is 0 Å². The molecule has 0 spiro atoms. The molecule has 0 saturated heterocycles. The maximum atomic E-state index is 11.6. The highest BCUT2D eigenvalue weighted by Crippen LogP contribution is 2.16. The number of hydrogen-bond acceptors (Lipinski definition) is 3. The Morgan fingerprint density at radius 3 is 3.06 bits per heavy atom. The summed E-state index contributed by atoms with van der Waals surface area (Å²) in [4.78, 5) is 11.6. The number of aryl methyl sites for hydroxylation is 1. The van der Waals surface area contributed by atoms with Gasteiger partial charge in [-0.05, 0) is 25.3 Å². The Morgan fingerprint density at radius 1 is 1.56 bits per heavy atom. The molecule has 1 saturated carbocycles. The molecule has 3 N–H and O–H groups in total. The summed E-state index contributed by atoms with van der Waals surface area (Å²) < 4.78 is 1.76. The van der Waals surface area contributed by atoms with Crippen molar-refractivity contribution in [3.8, 4) is 0 Å². The Balaban J connectivity index is 1.72. The number of carbonyl (C=O) groups excluding carboxylic acids is 1. The summed E-state index contributed by atoms with van der Waals surface area (Å²) >= 11 is 0. The van der Waals surface area contributed by atoms with E-state index in [4.69, 9.17) is 5.73 Å². The van der Waals surface area contributed by atoms with Gasteiger partial charge in [0.2, 0.25) is 5.91 Å². The van der Waals surface area contributed by atoms with Crippen molar-refractivity contribution in [2.45, 2.75) is 44.3 Å². The number of rotatable bonds is 4. The molecule has 1 aliphatic rings. The van der Waals surface area contributed by atoms with Gasteiger partial charge in [0, 0.05) is 37.4 Å². The third kappa shape index (κ3) is 2.82. The molecule has 0 aromatic carbocycles. The zero-order valence-electron chi connectivity index (χ0n) is 9.30. The highest BCUT2D eigenvalue weighted by molar-refractivity contribution is 5.76. The van der Waals surface area contributed by atoms with E-state index in [1.165, 1.54) is 0 Å². The summed E-state index contributed by atoms with van der Waals surface area (Å²) in [7, 11) is 0. The molecule has 1 fully saturated rings. The molecule has 2 rings (SSSR count). The van der Waals surface area contributed by atoms with Crippen molar-refractivity contribution in [1.82, 2.24) is 15.1 Å². The van der Waals surface area contributed by atoms with Crippen molar-refractivity contribution < 1.29 is 4.79 Å². The molecule has 1 aliphatic carbocycles. The van der Waals surface area contributed by atoms with E-state index in [-0.39, 0.29) is 18.0 Å². The Labute approximate surface area is 95.0 Å². The normalized spacial score (nSPS) is 24.6. The first-order valence-corrected chi connectivity index (χ1v) is 5.78. The van der Waals surface area contributed by atoms with Crippen LogP contribution >= 0.6 is 0 Å². The van der Waals surface area contributed by atoms with E-state index in [1.54, 1.807) is 10.9 Å². The first kappa shape index (κ1) is 11.1. The fourth-order valence-corrected chi connectivity index (χ4v) is 2.10. The number of hydrogen-bond donors (Lipinski definition) is 2. The predicted molar refractivity (Wildman–Crippen MR) is 60.6 cm³/mol. The van der Waals surface area contributed by atoms with E-state index in [0.717, 1.165) is 19.3 Å². The zero-order chi connectivity index (χ0) is 11.4. The van der Waals surface area contributed by atoms with Gasteiger partial charge in [-0.15, -0.1) is 0 Å². The van der Waals surface area contributed by atoms with Crippen LogP contribution in [0.1, 0.15) is 25.7 Å². The topological polar surface area (TPSA) is 72.9 Å². The van der Waals surface area contributed by atoms with E-state index in [1.807, 2.05) is 12.3 Å². The quantitative estimate of drug-likeness (QED) is 0.768. The van der Waals surface area contributed by atoms with Crippen LogP contribution in [0.15, 0.2) is 18.5 Å². The van der Waals surface area contributed by atoms with Crippen LogP contribution in [0.3, 0.4) is 0 Å². The second kappa shape index (κ2) is 5.12. The van der Waals surface area contributed by atoms with Gasteiger partial charge in [-0.25, -0.2) is 0 Å². The van der Waals surface area contributed by atoms with Crippen LogP contribution in [-0.4, -0.2) is 27.8 Å². The highest BCUT2D eigenvalue weighted by atomic mass is 16.1. The maximum Gasteiger partial charge on any atom is 0.222 e. The lowest BCUT2D eigenvalue weighted by molar-refractivity contribution is -0.122. The number of amides is 1. The third-order valence-corrected chi connectivity index (χ3v) is 3.04. The van der Waals surface area contributed by atoms with Crippen LogP contribution < -0.4 is 11.1 Å². The molecular formula is C11H18N4O. The van der Waals surface area contributed by atoms with Crippen LogP contribution in [0, 0.1) is 0 Å². The molecule has 1 amide bonds. The molecule has 2 unspecified atom stereocenters. The third-order valence-electron chi connectivity index (χ3n) is 3.04. The fraction of sp³-hybridized carbons (Fsp3) is 0.636. The van der Waals surface area contributed by atoms with Crippen molar-refractivity contribution in [3.05, 3.63) is 18.5 Å². The SMILES string of the molecule is NC1CCCC1NC(=O)CCn1cccn1. The standard InChI is InChI=1S/C11H18N4O/c12-9-3-1-4-10(9)14-11(16)5-8-15-7-2-6-13-15/h2,6-7,9-10H,1,3-5,8,12H2,(H,14,16). The summed E-state index contributed by atoms with van der Waals surface area (Å²) in [5.41, 5.74) is 5.89. The lowest BCUT2D eigenvalue weighted by Crippen LogP contribution is -2.44. The van der Waals surface area contributed by atoms with E-state index in [2.05, 4.69) is 10.4 Å². The first-order chi connectivity index (χ1) is 7.75. The fourth-order valence-electron chi connectivity index (χ4n) is 2.10. The molecule has 2 atom stereocenters. The number of aromatic nitrogens is 2. The van der Waals surface area contributed by atoms with Crippen LogP contribution in [0.2, 0.25) is 0 Å². The van der Waals surface area contributed by atoms with E-state index in [9.17, 15) is 4.79 Å². The van der Waals surface area contributed by atoms with Gasteiger partial charge in [0.05, 0.1) is 0 Å². The van der Waals surface area contributed by atoms with E-state index >= 15 is 0 Å². The minimum absolute atomic E-state index is 0.0675. The van der Waals surface area contributed by atoms with E-state index < -0.39 is 0 Å². The number of nitrogens with zero attached hydrogens (tertiary/aromatic N) is 2. The van der Waals surface area contributed by atoms with Gasteiger partial charge in [0.25, 0.3) is 0 Å². The number of nitrogens with two attached hydrogens (primary N) is 1. The summed E-state index contributed by atoms with van der Waals surface area (Å²) in [5.74, 6) is 0.0675. The van der Waals surface area contributed by atoms with Gasteiger partial charge in [-0.2, -0.15) is 5.10 Å². The smallest absolute Gasteiger partial charge is 0.222 e. The lowest BCUT2D eigenvalue weighted by Gasteiger charge is -2.17. The average Bonchev–Trinajstić information content (AvgIpc) is 2.88. The molecule has 16 heavy (non-hydrogen) atoms. The van der Waals surface area contributed by atoms with Crippen molar-refractivity contribution in [1.29, 1.82) is 0 Å². The molecule has 1 aromatic heterocycles. The minimum atomic E-state index is 0.0675. The van der Waals surface area contributed by atoms with Crippen LogP contribution in [0.25, 0.3) is 0 Å². The number of carbonyl (C=O) groups is 1. The Kier molecular flexibility index (Phi) is 3.56. The molecule has 0 aliphatic heterocycles. The van der Waals surface area contributed by atoms with Gasteiger partial charge >= 0.3 is 0 Å².